The summed E-state index contributed by atoms with van der Waals surface area (Å²) in [5.41, 5.74) is 7.67. The maximum absolute atomic E-state index is 10.7. The lowest BCUT2D eigenvalue weighted by atomic mass is 10.1. The lowest BCUT2D eigenvalue weighted by Crippen LogP contribution is -2.00. The minimum absolute atomic E-state index is 0.251. The van der Waals surface area contributed by atoms with E-state index in [0.29, 0.717) is 24.7 Å². The molecule has 3 N–H and O–H groups in total. The third-order valence-corrected chi connectivity index (χ3v) is 4.79. The molecule has 5 nitrogen and oxygen atoms in total. The Labute approximate surface area is 160 Å². The van der Waals surface area contributed by atoms with Gasteiger partial charge in [-0.3, -0.25) is 0 Å². The molecule has 5 heteroatoms. The van der Waals surface area contributed by atoms with Crippen LogP contribution in [0.4, 0.5) is 5.69 Å². The highest BCUT2D eigenvalue weighted by atomic mass is 16.5. The molecule has 3 rings (SSSR count). The predicted molar refractivity (Wildman–Crippen MR) is 110 cm³/mol. The second kappa shape index (κ2) is 8.71. The number of fused-ring (bicyclic) bond motifs is 1. The molecule has 0 fully saturated rings. The molecule has 0 aliphatic rings. The number of hydrogen-bond donors (Lipinski definition) is 2. The first-order valence-corrected chi connectivity index (χ1v) is 9.50. The van der Waals surface area contributed by atoms with Crippen LogP contribution in [0.25, 0.3) is 10.8 Å². The van der Waals surface area contributed by atoms with E-state index < -0.39 is 0 Å². The lowest BCUT2D eigenvalue weighted by molar-refractivity contribution is 0.289. The van der Waals surface area contributed by atoms with Crippen LogP contribution in [-0.2, 0) is 13.0 Å². The summed E-state index contributed by atoms with van der Waals surface area (Å²) in [6.07, 6.45) is 6.03. The largest absolute Gasteiger partial charge is 0.494 e. The van der Waals surface area contributed by atoms with Crippen molar-refractivity contribution < 1.29 is 14.6 Å². The highest BCUT2D eigenvalue weighted by molar-refractivity contribution is 5.94. The summed E-state index contributed by atoms with van der Waals surface area (Å²) in [7, 11) is 1.64. The monoisotopic (exact) mass is 368 g/mol. The highest BCUT2D eigenvalue weighted by Crippen LogP contribution is 2.40. The fourth-order valence-corrected chi connectivity index (χ4v) is 3.21. The fraction of sp³-hybridized carbons (Fsp3) is 0.364. The number of anilines is 1. The molecule has 0 saturated carbocycles. The normalized spacial score (nSPS) is 11.0. The van der Waals surface area contributed by atoms with Gasteiger partial charge >= 0.3 is 0 Å². The molecule has 0 amide bonds. The standard InChI is InChI=1S/C22H28N2O3/c1-3-4-5-14-27-21-19-15-24(13-12-16-6-8-17(23)9-7-16)22(25)18(19)10-11-20(21)26-2/h6-11,15,25H,3-5,12-14,23H2,1-2H3. The van der Waals surface area contributed by atoms with Crippen molar-refractivity contribution in [1.29, 1.82) is 0 Å². The van der Waals surface area contributed by atoms with Crippen LogP contribution in [0.3, 0.4) is 0 Å². The number of nitrogens with zero attached hydrogens (tertiary/aromatic N) is 1. The molecule has 1 heterocycles. The molecule has 0 atom stereocenters. The zero-order valence-corrected chi connectivity index (χ0v) is 16.1. The van der Waals surface area contributed by atoms with Crippen molar-refractivity contribution in [1.82, 2.24) is 4.57 Å². The number of rotatable bonds is 9. The van der Waals surface area contributed by atoms with Crippen molar-refractivity contribution in [2.45, 2.75) is 39.2 Å². The van der Waals surface area contributed by atoms with Gasteiger partial charge in [-0.1, -0.05) is 31.9 Å². The SMILES string of the molecule is CCCCCOc1c(OC)ccc2c(O)n(CCc3ccc(N)cc3)cc12. The van der Waals surface area contributed by atoms with Gasteiger partial charge in [0.25, 0.3) is 0 Å². The first-order valence-electron chi connectivity index (χ1n) is 9.50. The Morgan fingerprint density at radius 1 is 1.04 bits per heavy atom. The Morgan fingerprint density at radius 3 is 2.52 bits per heavy atom. The summed E-state index contributed by atoms with van der Waals surface area (Å²) in [6, 6.07) is 11.5. The van der Waals surface area contributed by atoms with Gasteiger partial charge in [0.15, 0.2) is 17.4 Å². The van der Waals surface area contributed by atoms with E-state index in [1.54, 1.807) is 7.11 Å². The summed E-state index contributed by atoms with van der Waals surface area (Å²) in [6.45, 7) is 3.48. The Bertz CT molecular complexity index is 885. The van der Waals surface area contributed by atoms with Gasteiger partial charge < -0.3 is 24.9 Å². The average molecular weight is 368 g/mol. The molecule has 0 saturated heterocycles. The topological polar surface area (TPSA) is 69.6 Å². The second-order valence-corrected chi connectivity index (χ2v) is 6.75. The van der Waals surface area contributed by atoms with E-state index in [-0.39, 0.29) is 5.88 Å². The zero-order valence-electron chi connectivity index (χ0n) is 16.1. The smallest absolute Gasteiger partial charge is 0.199 e. The van der Waals surface area contributed by atoms with Gasteiger partial charge in [-0.25, -0.2) is 0 Å². The van der Waals surface area contributed by atoms with Gasteiger partial charge in [0.2, 0.25) is 0 Å². The van der Waals surface area contributed by atoms with E-state index in [1.165, 1.54) is 5.56 Å². The number of aromatic nitrogens is 1. The molecule has 0 unspecified atom stereocenters. The van der Waals surface area contributed by atoms with Crippen LogP contribution in [0.15, 0.2) is 42.6 Å². The number of hydrogen-bond acceptors (Lipinski definition) is 4. The molecule has 3 aromatic rings. The van der Waals surface area contributed by atoms with Crippen molar-refractivity contribution in [2.24, 2.45) is 0 Å². The summed E-state index contributed by atoms with van der Waals surface area (Å²) >= 11 is 0. The number of ether oxygens (including phenoxy) is 2. The van der Waals surface area contributed by atoms with Gasteiger partial charge in [0, 0.05) is 29.2 Å². The molecular formula is C22H28N2O3. The third kappa shape index (κ3) is 4.30. The Morgan fingerprint density at radius 2 is 1.81 bits per heavy atom. The summed E-state index contributed by atoms with van der Waals surface area (Å²) < 4.78 is 13.4. The Kier molecular flexibility index (Phi) is 6.12. The number of nitrogens with two attached hydrogens (primary N) is 1. The Hall–Kier alpha value is -2.82. The molecule has 0 aliphatic heterocycles. The third-order valence-electron chi connectivity index (χ3n) is 4.79. The maximum atomic E-state index is 10.7. The summed E-state index contributed by atoms with van der Waals surface area (Å²) in [5.74, 6) is 1.64. The van der Waals surface area contributed by atoms with Crippen LogP contribution in [0.5, 0.6) is 17.4 Å². The van der Waals surface area contributed by atoms with E-state index in [0.717, 1.165) is 42.1 Å². The molecule has 0 radical (unpaired) electrons. The maximum Gasteiger partial charge on any atom is 0.199 e. The van der Waals surface area contributed by atoms with E-state index in [1.807, 2.05) is 47.2 Å². The molecule has 0 bridgehead atoms. The van der Waals surface area contributed by atoms with Gasteiger partial charge in [-0.2, -0.15) is 0 Å². The van der Waals surface area contributed by atoms with Gasteiger partial charge in [0.1, 0.15) is 0 Å². The molecule has 1 aromatic heterocycles. The van der Waals surface area contributed by atoms with Crippen LogP contribution in [0, 0.1) is 0 Å². The highest BCUT2D eigenvalue weighted by Gasteiger charge is 2.16. The van der Waals surface area contributed by atoms with Crippen LogP contribution >= 0.6 is 0 Å². The lowest BCUT2D eigenvalue weighted by Gasteiger charge is -2.11. The molecule has 0 spiro atoms. The number of benzene rings is 2. The average Bonchev–Trinajstić information content (AvgIpc) is 3.01. The van der Waals surface area contributed by atoms with Gasteiger partial charge in [-0.15, -0.1) is 0 Å². The van der Waals surface area contributed by atoms with E-state index in [2.05, 4.69) is 6.92 Å². The molecule has 0 aliphatic carbocycles. The second-order valence-electron chi connectivity index (χ2n) is 6.75. The zero-order chi connectivity index (χ0) is 19.2. The van der Waals surface area contributed by atoms with E-state index in [4.69, 9.17) is 15.2 Å². The fourth-order valence-electron chi connectivity index (χ4n) is 3.21. The van der Waals surface area contributed by atoms with Crippen LogP contribution < -0.4 is 15.2 Å². The van der Waals surface area contributed by atoms with Gasteiger partial charge in [0.05, 0.1) is 13.7 Å². The van der Waals surface area contributed by atoms with Crippen molar-refractivity contribution in [3.05, 3.63) is 48.2 Å². The van der Waals surface area contributed by atoms with Crippen molar-refractivity contribution in [3.8, 4) is 17.4 Å². The first kappa shape index (κ1) is 19.0. The summed E-state index contributed by atoms with van der Waals surface area (Å²) in [4.78, 5) is 0. The summed E-state index contributed by atoms with van der Waals surface area (Å²) in [5, 5.41) is 12.3. The number of aromatic hydroxyl groups is 1. The van der Waals surface area contributed by atoms with Crippen LogP contribution in [-0.4, -0.2) is 23.4 Å². The quantitative estimate of drug-likeness (QED) is 0.422. The molecule has 27 heavy (non-hydrogen) atoms. The molecular weight excluding hydrogens is 340 g/mol. The van der Waals surface area contributed by atoms with Crippen molar-refractivity contribution in [2.75, 3.05) is 19.5 Å². The number of nitrogen functional groups attached to an aromatic ring is 1. The Balaban J connectivity index is 1.84. The van der Waals surface area contributed by atoms with Crippen molar-refractivity contribution >= 4 is 16.5 Å². The number of unbranched alkanes of at least 4 members (excludes halogenated alkanes) is 2. The van der Waals surface area contributed by atoms with Crippen LogP contribution in [0.2, 0.25) is 0 Å². The molecule has 2 aromatic carbocycles. The van der Waals surface area contributed by atoms with E-state index in [9.17, 15) is 5.11 Å². The molecule has 144 valence electrons. The number of methoxy groups -OCH3 is 1. The van der Waals surface area contributed by atoms with Crippen molar-refractivity contribution in [3.63, 3.8) is 0 Å². The van der Waals surface area contributed by atoms with E-state index >= 15 is 0 Å². The predicted octanol–water partition coefficient (Wildman–Crippen LogP) is 4.75. The first-order chi connectivity index (χ1) is 13.1. The van der Waals surface area contributed by atoms with Crippen LogP contribution in [0.1, 0.15) is 31.7 Å². The minimum Gasteiger partial charge on any atom is -0.494 e. The minimum atomic E-state index is 0.251. The van der Waals surface area contributed by atoms with Gasteiger partial charge in [-0.05, 0) is 42.7 Å². The number of aryl methyl sites for hydroxylation is 2.